The predicted octanol–water partition coefficient (Wildman–Crippen LogP) is 3.65. The van der Waals surface area contributed by atoms with Crippen LogP contribution in [-0.2, 0) is 4.79 Å². The van der Waals surface area contributed by atoms with Gasteiger partial charge in [0.1, 0.15) is 11.6 Å². The second-order valence-electron chi connectivity index (χ2n) is 4.26. The first kappa shape index (κ1) is 15.3. The molecule has 0 aliphatic heterocycles. The fourth-order valence-electron chi connectivity index (χ4n) is 1.67. The minimum Gasteiger partial charge on any atom is -0.497 e. The van der Waals surface area contributed by atoms with Gasteiger partial charge in [-0.1, -0.05) is 0 Å². The van der Waals surface area contributed by atoms with Gasteiger partial charge in [0.25, 0.3) is 0 Å². The highest BCUT2D eigenvalue weighted by molar-refractivity contribution is 9.10. The molecule has 0 radical (unpaired) electrons. The summed E-state index contributed by atoms with van der Waals surface area (Å²) in [5.41, 5.74) is 1.21. The zero-order chi connectivity index (χ0) is 15.2. The monoisotopic (exact) mass is 352 g/mol. The number of amides is 1. The zero-order valence-electron chi connectivity index (χ0n) is 11.3. The van der Waals surface area contributed by atoms with Crippen molar-refractivity contribution in [2.75, 3.05) is 24.3 Å². The number of rotatable bonds is 5. The molecule has 2 aromatic rings. The van der Waals surface area contributed by atoms with E-state index in [0.29, 0.717) is 15.8 Å². The largest absolute Gasteiger partial charge is 0.497 e. The Morgan fingerprint density at radius 2 is 1.86 bits per heavy atom. The lowest BCUT2D eigenvalue weighted by Crippen LogP contribution is -2.21. The summed E-state index contributed by atoms with van der Waals surface area (Å²) in [6.07, 6.45) is 0. The van der Waals surface area contributed by atoms with Crippen molar-refractivity contribution in [2.45, 2.75) is 0 Å². The third-order valence-corrected chi connectivity index (χ3v) is 3.39. The smallest absolute Gasteiger partial charge is 0.243 e. The van der Waals surface area contributed by atoms with Gasteiger partial charge in [0.15, 0.2) is 0 Å². The van der Waals surface area contributed by atoms with Gasteiger partial charge in [-0.15, -0.1) is 0 Å². The molecule has 0 heterocycles. The summed E-state index contributed by atoms with van der Waals surface area (Å²) in [7, 11) is 1.58. The molecule has 2 N–H and O–H groups in total. The summed E-state index contributed by atoms with van der Waals surface area (Å²) in [4.78, 5) is 11.8. The van der Waals surface area contributed by atoms with Gasteiger partial charge in [-0.3, -0.25) is 4.79 Å². The van der Waals surface area contributed by atoms with E-state index in [1.807, 2.05) is 0 Å². The lowest BCUT2D eigenvalue weighted by atomic mass is 10.3. The second-order valence-corrected chi connectivity index (χ2v) is 5.11. The minimum absolute atomic E-state index is 0.0487. The molecule has 0 unspecified atom stereocenters. The third kappa shape index (κ3) is 4.46. The van der Waals surface area contributed by atoms with E-state index in [2.05, 4.69) is 26.6 Å². The van der Waals surface area contributed by atoms with Crippen LogP contribution in [0.5, 0.6) is 5.75 Å². The number of methoxy groups -OCH3 is 1. The molecule has 0 bridgehead atoms. The molecule has 0 aliphatic carbocycles. The molecule has 0 aliphatic rings. The highest BCUT2D eigenvalue weighted by Gasteiger charge is 2.04. The Morgan fingerprint density at radius 1 is 1.19 bits per heavy atom. The summed E-state index contributed by atoms with van der Waals surface area (Å²) < 4.78 is 18.7. The van der Waals surface area contributed by atoms with E-state index in [9.17, 15) is 9.18 Å². The maximum absolute atomic E-state index is 13.3. The van der Waals surface area contributed by atoms with Gasteiger partial charge in [0.05, 0.1) is 18.1 Å². The molecule has 1 amide bonds. The third-order valence-electron chi connectivity index (χ3n) is 2.75. The van der Waals surface area contributed by atoms with Crippen LogP contribution in [0, 0.1) is 5.82 Å². The summed E-state index contributed by atoms with van der Waals surface area (Å²) in [5, 5.41) is 5.59. The number of hydrogen-bond donors (Lipinski definition) is 2. The molecule has 0 saturated heterocycles. The van der Waals surface area contributed by atoms with E-state index >= 15 is 0 Å². The van der Waals surface area contributed by atoms with E-state index in [1.54, 1.807) is 43.5 Å². The van der Waals surface area contributed by atoms with Crippen LogP contribution < -0.4 is 15.4 Å². The summed E-state index contributed by atoms with van der Waals surface area (Å²) in [6, 6.07) is 11.6. The Morgan fingerprint density at radius 3 is 2.48 bits per heavy atom. The maximum atomic E-state index is 13.3. The predicted molar refractivity (Wildman–Crippen MR) is 84.2 cm³/mol. The topological polar surface area (TPSA) is 50.4 Å². The number of anilines is 2. The van der Waals surface area contributed by atoms with E-state index in [0.717, 1.165) is 5.75 Å². The number of halogens is 2. The van der Waals surface area contributed by atoms with Crippen molar-refractivity contribution in [2.24, 2.45) is 0 Å². The van der Waals surface area contributed by atoms with E-state index < -0.39 is 0 Å². The fourth-order valence-corrected chi connectivity index (χ4v) is 1.91. The van der Waals surface area contributed by atoms with Crippen molar-refractivity contribution in [3.05, 3.63) is 52.8 Å². The van der Waals surface area contributed by atoms with Crippen molar-refractivity contribution < 1.29 is 13.9 Å². The van der Waals surface area contributed by atoms with Crippen molar-refractivity contribution in [1.29, 1.82) is 0 Å². The molecule has 0 atom stereocenters. The second kappa shape index (κ2) is 7.08. The van der Waals surface area contributed by atoms with Gasteiger partial charge in [-0.25, -0.2) is 4.39 Å². The first-order valence-electron chi connectivity index (χ1n) is 6.21. The molecule has 4 nitrogen and oxygen atoms in total. The van der Waals surface area contributed by atoms with Crippen molar-refractivity contribution in [3.63, 3.8) is 0 Å². The van der Waals surface area contributed by atoms with Crippen LogP contribution >= 0.6 is 15.9 Å². The van der Waals surface area contributed by atoms with E-state index in [4.69, 9.17) is 4.74 Å². The van der Waals surface area contributed by atoms with Crippen molar-refractivity contribution in [1.82, 2.24) is 0 Å². The normalized spacial score (nSPS) is 10.0. The highest BCUT2D eigenvalue weighted by Crippen LogP contribution is 2.19. The van der Waals surface area contributed by atoms with Crippen LogP contribution in [0.3, 0.4) is 0 Å². The average Bonchev–Trinajstić information content (AvgIpc) is 2.49. The summed E-state index contributed by atoms with van der Waals surface area (Å²) in [6.45, 7) is 0.0487. The molecule has 6 heteroatoms. The van der Waals surface area contributed by atoms with Gasteiger partial charge in [-0.05, 0) is 58.4 Å². The van der Waals surface area contributed by atoms with Crippen molar-refractivity contribution in [3.8, 4) is 5.75 Å². The highest BCUT2D eigenvalue weighted by atomic mass is 79.9. The fraction of sp³-hybridized carbons (Fsp3) is 0.133. The Bertz CT molecular complexity index is 632. The molecular weight excluding hydrogens is 339 g/mol. The number of ether oxygens (including phenoxy) is 1. The molecular formula is C15H14BrFN2O2. The molecule has 110 valence electrons. The first-order chi connectivity index (χ1) is 10.1. The standard InChI is InChI=1S/C15H14BrFN2O2/c1-21-12-5-2-10(3-6-12)19-15(20)9-18-11-4-7-13(16)14(17)8-11/h2-8,18H,9H2,1H3,(H,19,20). The molecule has 0 spiro atoms. The van der Waals surface area contributed by atoms with Gasteiger partial charge in [-0.2, -0.15) is 0 Å². The van der Waals surface area contributed by atoms with Crippen LogP contribution in [0.1, 0.15) is 0 Å². The molecule has 21 heavy (non-hydrogen) atoms. The molecule has 0 saturated carbocycles. The Labute approximate surface area is 130 Å². The van der Waals surface area contributed by atoms with E-state index in [1.165, 1.54) is 6.07 Å². The van der Waals surface area contributed by atoms with Crippen LogP contribution in [0.25, 0.3) is 0 Å². The van der Waals surface area contributed by atoms with Gasteiger partial charge < -0.3 is 15.4 Å². The molecule has 2 aromatic carbocycles. The number of benzene rings is 2. The molecule has 0 aromatic heterocycles. The SMILES string of the molecule is COc1ccc(NC(=O)CNc2ccc(Br)c(F)c2)cc1. The lowest BCUT2D eigenvalue weighted by Gasteiger charge is -2.09. The summed E-state index contributed by atoms with van der Waals surface area (Å²) >= 11 is 3.07. The van der Waals surface area contributed by atoms with Crippen LogP contribution in [0.15, 0.2) is 46.9 Å². The van der Waals surface area contributed by atoms with Crippen LogP contribution in [0.2, 0.25) is 0 Å². The Kier molecular flexibility index (Phi) is 5.16. The maximum Gasteiger partial charge on any atom is 0.243 e. The summed E-state index contributed by atoms with van der Waals surface area (Å²) in [5.74, 6) is 0.121. The molecule has 0 fully saturated rings. The lowest BCUT2D eigenvalue weighted by molar-refractivity contribution is -0.114. The van der Waals surface area contributed by atoms with E-state index in [-0.39, 0.29) is 18.3 Å². The molecule has 2 rings (SSSR count). The number of carbonyl (C=O) groups excluding carboxylic acids is 1. The van der Waals surface area contributed by atoms with Gasteiger partial charge >= 0.3 is 0 Å². The Balaban J connectivity index is 1.87. The average molecular weight is 353 g/mol. The minimum atomic E-state index is -0.379. The van der Waals surface area contributed by atoms with Crippen molar-refractivity contribution >= 4 is 33.2 Å². The number of nitrogens with one attached hydrogen (secondary N) is 2. The zero-order valence-corrected chi connectivity index (χ0v) is 12.9. The van der Waals surface area contributed by atoms with Gasteiger partial charge in [0.2, 0.25) is 5.91 Å². The van der Waals surface area contributed by atoms with Crippen LogP contribution in [0.4, 0.5) is 15.8 Å². The van der Waals surface area contributed by atoms with Gasteiger partial charge in [0, 0.05) is 11.4 Å². The first-order valence-corrected chi connectivity index (χ1v) is 7.00. The Hall–Kier alpha value is -2.08. The van der Waals surface area contributed by atoms with Crippen LogP contribution in [-0.4, -0.2) is 19.6 Å². The quantitative estimate of drug-likeness (QED) is 0.863. The number of carbonyl (C=O) groups is 1. The number of hydrogen-bond acceptors (Lipinski definition) is 3.